The van der Waals surface area contributed by atoms with Gasteiger partial charge in [0, 0.05) is 19.0 Å². The fourth-order valence-corrected chi connectivity index (χ4v) is 2.18. The first-order chi connectivity index (χ1) is 8.50. The molecule has 2 rings (SSSR count). The molecule has 0 aromatic heterocycles. The maximum Gasteiger partial charge on any atom is 0.326 e. The van der Waals surface area contributed by atoms with Crippen molar-refractivity contribution < 1.29 is 19.9 Å². The molecule has 96 valence electrons. The first-order valence-corrected chi connectivity index (χ1v) is 5.41. The summed E-state index contributed by atoms with van der Waals surface area (Å²) in [7, 11) is 0. The highest BCUT2D eigenvalue weighted by atomic mass is 16.6. The van der Waals surface area contributed by atoms with Gasteiger partial charge < -0.3 is 15.1 Å². The zero-order chi connectivity index (χ0) is 13.3. The van der Waals surface area contributed by atoms with Crippen molar-refractivity contribution in [2.24, 2.45) is 0 Å². The van der Waals surface area contributed by atoms with E-state index in [1.807, 2.05) is 0 Å². The fraction of sp³-hybridized carbons (Fsp3) is 0.364. The average molecular weight is 252 g/mol. The largest absolute Gasteiger partial charge is 0.480 e. The number of rotatable bonds is 3. The van der Waals surface area contributed by atoms with E-state index in [4.69, 9.17) is 5.11 Å². The lowest BCUT2D eigenvalue weighted by Gasteiger charge is -2.22. The summed E-state index contributed by atoms with van der Waals surface area (Å²) < 4.78 is 0. The predicted octanol–water partition coefficient (Wildman–Crippen LogP) is 0.619. The molecule has 1 aliphatic heterocycles. The van der Waals surface area contributed by atoms with Crippen molar-refractivity contribution in [3.8, 4) is 0 Å². The Labute approximate surface area is 102 Å². The highest BCUT2D eigenvalue weighted by Gasteiger charge is 2.38. The number of aliphatic hydroxyl groups excluding tert-OH is 1. The number of benzene rings is 1. The SMILES string of the molecule is O=C(O)C1CC(O)CN1c1ccccc1[N+](=O)[O-]. The highest BCUT2D eigenvalue weighted by Crippen LogP contribution is 2.33. The number of carboxylic acid groups (broad SMARTS) is 1. The zero-order valence-electron chi connectivity index (χ0n) is 9.39. The summed E-state index contributed by atoms with van der Waals surface area (Å²) in [5, 5.41) is 29.5. The van der Waals surface area contributed by atoms with Gasteiger partial charge >= 0.3 is 5.97 Å². The minimum atomic E-state index is -1.09. The van der Waals surface area contributed by atoms with E-state index in [1.54, 1.807) is 6.07 Å². The van der Waals surface area contributed by atoms with Crippen LogP contribution in [0.4, 0.5) is 11.4 Å². The van der Waals surface area contributed by atoms with Crippen molar-refractivity contribution in [2.45, 2.75) is 18.6 Å². The Bertz CT molecular complexity index is 490. The molecular weight excluding hydrogens is 240 g/mol. The topological polar surface area (TPSA) is 104 Å². The van der Waals surface area contributed by atoms with Crippen molar-refractivity contribution in [1.29, 1.82) is 0 Å². The van der Waals surface area contributed by atoms with Crippen LogP contribution >= 0.6 is 0 Å². The van der Waals surface area contributed by atoms with Gasteiger partial charge in [-0.2, -0.15) is 0 Å². The van der Waals surface area contributed by atoms with Crippen LogP contribution in [0.1, 0.15) is 6.42 Å². The Hall–Kier alpha value is -2.15. The number of aliphatic carboxylic acids is 1. The molecule has 0 spiro atoms. The van der Waals surface area contributed by atoms with Gasteiger partial charge in [-0.05, 0) is 6.07 Å². The van der Waals surface area contributed by atoms with E-state index in [2.05, 4.69) is 0 Å². The van der Waals surface area contributed by atoms with E-state index in [1.165, 1.54) is 23.1 Å². The number of anilines is 1. The molecule has 0 radical (unpaired) electrons. The Morgan fingerprint density at radius 3 is 2.72 bits per heavy atom. The molecule has 1 aromatic rings. The number of carboxylic acids is 1. The second-order valence-electron chi connectivity index (χ2n) is 4.14. The monoisotopic (exact) mass is 252 g/mol. The minimum Gasteiger partial charge on any atom is -0.480 e. The number of para-hydroxylation sites is 2. The molecule has 2 unspecified atom stereocenters. The molecule has 1 heterocycles. The summed E-state index contributed by atoms with van der Waals surface area (Å²) in [4.78, 5) is 22.8. The van der Waals surface area contributed by atoms with E-state index >= 15 is 0 Å². The maximum atomic E-state index is 11.1. The van der Waals surface area contributed by atoms with E-state index in [-0.39, 0.29) is 24.3 Å². The lowest BCUT2D eigenvalue weighted by atomic mass is 10.2. The van der Waals surface area contributed by atoms with Gasteiger partial charge in [-0.25, -0.2) is 4.79 Å². The third-order valence-corrected chi connectivity index (χ3v) is 2.95. The Kier molecular flexibility index (Phi) is 3.15. The van der Waals surface area contributed by atoms with Gasteiger partial charge in [-0.15, -0.1) is 0 Å². The zero-order valence-corrected chi connectivity index (χ0v) is 9.39. The minimum absolute atomic E-state index is 0.0708. The molecule has 1 aliphatic rings. The quantitative estimate of drug-likeness (QED) is 0.603. The molecule has 7 heteroatoms. The third kappa shape index (κ3) is 2.12. The second-order valence-corrected chi connectivity index (χ2v) is 4.14. The molecule has 2 atom stereocenters. The van der Waals surface area contributed by atoms with Gasteiger partial charge in [0.2, 0.25) is 0 Å². The van der Waals surface area contributed by atoms with Crippen LogP contribution in [0.2, 0.25) is 0 Å². The highest BCUT2D eigenvalue weighted by molar-refractivity contribution is 5.81. The Morgan fingerprint density at radius 1 is 1.44 bits per heavy atom. The summed E-state index contributed by atoms with van der Waals surface area (Å²) in [6.45, 7) is 0.0851. The summed E-state index contributed by atoms with van der Waals surface area (Å²) in [6.07, 6.45) is -0.715. The van der Waals surface area contributed by atoms with E-state index < -0.39 is 23.0 Å². The van der Waals surface area contributed by atoms with Crippen molar-refractivity contribution in [1.82, 2.24) is 0 Å². The van der Waals surface area contributed by atoms with Crippen LogP contribution in [-0.4, -0.2) is 39.8 Å². The molecule has 0 bridgehead atoms. The fourth-order valence-electron chi connectivity index (χ4n) is 2.18. The molecular formula is C11H12N2O5. The molecule has 2 N–H and O–H groups in total. The Morgan fingerprint density at radius 2 is 2.11 bits per heavy atom. The summed E-state index contributed by atoms with van der Waals surface area (Å²) in [5.74, 6) is -1.09. The molecule has 0 aliphatic carbocycles. The molecule has 1 fully saturated rings. The van der Waals surface area contributed by atoms with Crippen LogP contribution < -0.4 is 4.90 Å². The van der Waals surface area contributed by atoms with Gasteiger partial charge in [0.05, 0.1) is 11.0 Å². The van der Waals surface area contributed by atoms with Gasteiger partial charge in [-0.1, -0.05) is 12.1 Å². The van der Waals surface area contributed by atoms with Gasteiger partial charge in [-0.3, -0.25) is 10.1 Å². The van der Waals surface area contributed by atoms with Crippen molar-refractivity contribution >= 4 is 17.3 Å². The molecule has 0 saturated carbocycles. The molecule has 18 heavy (non-hydrogen) atoms. The molecule has 1 aromatic carbocycles. The number of nitro benzene ring substituents is 1. The Balaban J connectivity index is 2.41. The number of carbonyl (C=O) groups is 1. The van der Waals surface area contributed by atoms with Crippen molar-refractivity contribution in [3.05, 3.63) is 34.4 Å². The number of nitro groups is 1. The van der Waals surface area contributed by atoms with E-state index in [9.17, 15) is 20.0 Å². The lowest BCUT2D eigenvalue weighted by molar-refractivity contribution is -0.384. The van der Waals surface area contributed by atoms with Gasteiger partial charge in [0.1, 0.15) is 11.7 Å². The summed E-state index contributed by atoms with van der Waals surface area (Å²) >= 11 is 0. The summed E-state index contributed by atoms with van der Waals surface area (Å²) in [5.41, 5.74) is 0.0734. The van der Waals surface area contributed by atoms with Crippen LogP contribution in [0, 0.1) is 10.1 Å². The third-order valence-electron chi connectivity index (χ3n) is 2.95. The first-order valence-electron chi connectivity index (χ1n) is 5.41. The lowest BCUT2D eigenvalue weighted by Crippen LogP contribution is -2.36. The predicted molar refractivity (Wildman–Crippen MR) is 62.5 cm³/mol. The molecule has 0 amide bonds. The van der Waals surface area contributed by atoms with Gasteiger partial charge in [0.15, 0.2) is 0 Å². The van der Waals surface area contributed by atoms with Crippen LogP contribution in [0.5, 0.6) is 0 Å². The van der Waals surface area contributed by atoms with Crippen LogP contribution in [0.25, 0.3) is 0 Å². The molecule has 7 nitrogen and oxygen atoms in total. The van der Waals surface area contributed by atoms with E-state index in [0.29, 0.717) is 0 Å². The van der Waals surface area contributed by atoms with Crippen molar-refractivity contribution in [3.63, 3.8) is 0 Å². The smallest absolute Gasteiger partial charge is 0.326 e. The number of aliphatic hydroxyl groups is 1. The normalized spacial score (nSPS) is 23.1. The van der Waals surface area contributed by atoms with Crippen LogP contribution in [0.15, 0.2) is 24.3 Å². The average Bonchev–Trinajstić information content (AvgIpc) is 2.71. The maximum absolute atomic E-state index is 11.1. The number of nitrogens with zero attached hydrogens (tertiary/aromatic N) is 2. The van der Waals surface area contributed by atoms with Crippen LogP contribution in [0.3, 0.4) is 0 Å². The molecule has 1 saturated heterocycles. The van der Waals surface area contributed by atoms with Crippen LogP contribution in [-0.2, 0) is 4.79 Å². The number of β-amino-alcohol motifs (C(OH)–C–C–N with tert-alkyl or cyclic N) is 1. The van der Waals surface area contributed by atoms with E-state index in [0.717, 1.165) is 0 Å². The number of hydrogen-bond acceptors (Lipinski definition) is 5. The number of hydrogen-bond donors (Lipinski definition) is 2. The van der Waals surface area contributed by atoms with Crippen molar-refractivity contribution in [2.75, 3.05) is 11.4 Å². The standard InChI is InChI=1S/C11H12N2O5/c14-7-5-10(11(15)16)12(6-7)8-3-1-2-4-9(8)13(17)18/h1-4,7,10,14H,5-6H2,(H,15,16). The summed E-state index contributed by atoms with van der Waals surface area (Å²) in [6, 6.07) is 5.00. The van der Waals surface area contributed by atoms with Gasteiger partial charge in [0.25, 0.3) is 5.69 Å². The second kappa shape index (κ2) is 4.61. The first kappa shape index (κ1) is 12.3.